The number of methoxy groups -OCH3 is 2. The van der Waals surface area contributed by atoms with Crippen LogP contribution in [0.1, 0.15) is 0 Å². The molecule has 1 heterocycles. The van der Waals surface area contributed by atoms with Gasteiger partial charge in [-0.25, -0.2) is 4.79 Å². The molecule has 0 amide bonds. The molecule has 0 unspecified atom stereocenters. The fourth-order valence-electron chi connectivity index (χ4n) is 1.89. The second-order valence-corrected chi connectivity index (χ2v) is 4.19. The number of aromatic nitrogens is 1. The van der Waals surface area contributed by atoms with E-state index in [1.165, 1.54) is 18.8 Å². The molecule has 1 aromatic heterocycles. The maximum atomic E-state index is 11.7. The highest BCUT2D eigenvalue weighted by atomic mass is 16.6. The van der Waals surface area contributed by atoms with Gasteiger partial charge in [-0.05, 0) is 18.2 Å². The molecule has 1 aromatic carbocycles. The van der Waals surface area contributed by atoms with E-state index in [1.54, 1.807) is 24.5 Å². The van der Waals surface area contributed by atoms with Gasteiger partial charge in [0.05, 0.1) is 7.11 Å². The molecule has 5 heteroatoms. The lowest BCUT2D eigenvalue weighted by molar-refractivity contribution is -0.585. The van der Waals surface area contributed by atoms with Crippen LogP contribution in [-0.4, -0.2) is 20.2 Å². The Morgan fingerprint density at radius 3 is 2.05 bits per heavy atom. The summed E-state index contributed by atoms with van der Waals surface area (Å²) in [7, 11) is 2.42. The third-order valence-electron chi connectivity index (χ3n) is 2.95. The highest BCUT2D eigenvalue weighted by molar-refractivity contribution is 6.06. The van der Waals surface area contributed by atoms with Crippen LogP contribution in [0.25, 0.3) is 16.8 Å². The average Bonchev–Trinajstić information content (AvgIpc) is 2.56. The topological polar surface area (TPSA) is 62.5 Å². The first kappa shape index (κ1) is 14.6. The molecule has 0 radical (unpaired) electrons. The highest BCUT2D eigenvalue weighted by Crippen LogP contribution is 2.17. The van der Waals surface area contributed by atoms with E-state index >= 15 is 0 Å². The van der Waals surface area contributed by atoms with Crippen molar-refractivity contribution in [3.05, 3.63) is 60.8 Å². The molecule has 2 rings (SSSR count). The van der Waals surface area contributed by atoms with Gasteiger partial charge in [0.1, 0.15) is 5.95 Å². The predicted molar refractivity (Wildman–Crippen MR) is 74.3 cm³/mol. The Morgan fingerprint density at radius 1 is 0.952 bits per heavy atom. The maximum absolute atomic E-state index is 11.7. The van der Waals surface area contributed by atoms with E-state index in [9.17, 15) is 9.90 Å². The molecule has 0 saturated carbocycles. The zero-order valence-corrected chi connectivity index (χ0v) is 11.8. The molecule has 0 aliphatic rings. The van der Waals surface area contributed by atoms with Gasteiger partial charge in [0.25, 0.3) is 0 Å². The van der Waals surface area contributed by atoms with Crippen molar-refractivity contribution in [3.8, 4) is 11.1 Å². The third kappa shape index (κ3) is 3.20. The Balaban J connectivity index is 2.40. The zero-order valence-electron chi connectivity index (χ0n) is 11.8. The first-order valence-corrected chi connectivity index (χ1v) is 6.28. The van der Waals surface area contributed by atoms with E-state index in [1.807, 2.05) is 30.3 Å². The van der Waals surface area contributed by atoms with Gasteiger partial charge in [-0.1, -0.05) is 30.3 Å². The number of pyridine rings is 1. The Bertz CT molecular complexity index is 648. The number of hydrogen-bond donors (Lipinski definition) is 0. The molecule has 0 saturated heterocycles. The molecule has 21 heavy (non-hydrogen) atoms. The largest absolute Gasteiger partial charge is 0.612 e. The van der Waals surface area contributed by atoms with E-state index in [-0.39, 0.29) is 5.70 Å². The molecule has 0 N–H and O–H groups in total. The fraction of sp³-hybridized carbons (Fsp3) is 0.125. The summed E-state index contributed by atoms with van der Waals surface area (Å²) in [6.45, 7) is 0. The maximum Gasteiger partial charge on any atom is 0.405 e. The number of rotatable bonds is 4. The summed E-state index contributed by atoms with van der Waals surface area (Å²) < 4.78 is 10.6. The summed E-state index contributed by atoms with van der Waals surface area (Å²) in [6.07, 6.45) is 3.23. The lowest BCUT2D eigenvalue weighted by atomic mass is 10.1. The van der Waals surface area contributed by atoms with Crippen molar-refractivity contribution >= 4 is 11.7 Å². The molecular formula is C16H15NO4. The van der Waals surface area contributed by atoms with Crippen molar-refractivity contribution in [3.63, 3.8) is 0 Å². The summed E-state index contributed by atoms with van der Waals surface area (Å²) in [5.41, 5.74) is 1.82. The minimum Gasteiger partial charge on any atom is -0.612 e. The number of esters is 1. The smallest absolute Gasteiger partial charge is 0.405 e. The predicted octanol–water partition coefficient (Wildman–Crippen LogP) is 0.947. The van der Waals surface area contributed by atoms with Crippen LogP contribution in [0.2, 0.25) is 0 Å². The molecule has 0 spiro atoms. The summed E-state index contributed by atoms with van der Waals surface area (Å²) in [5.74, 6) is -1.50. The average molecular weight is 285 g/mol. The fourth-order valence-corrected chi connectivity index (χ4v) is 1.89. The Labute approximate surface area is 122 Å². The highest BCUT2D eigenvalue weighted by Gasteiger charge is 2.23. The second kappa shape index (κ2) is 6.56. The summed E-state index contributed by atoms with van der Waals surface area (Å²) in [6, 6.07) is 13.4. The van der Waals surface area contributed by atoms with E-state index in [2.05, 4.69) is 9.47 Å². The van der Waals surface area contributed by atoms with Crippen LogP contribution in [-0.2, 0) is 14.3 Å². The zero-order chi connectivity index (χ0) is 15.2. The number of carbonyl (C=O) groups excluding carboxylic acids is 1. The quantitative estimate of drug-likeness (QED) is 0.363. The molecule has 0 atom stereocenters. The van der Waals surface area contributed by atoms with Gasteiger partial charge in [-0.3, -0.25) is 0 Å². The number of benzene rings is 1. The van der Waals surface area contributed by atoms with Crippen LogP contribution < -0.4 is 9.67 Å². The van der Waals surface area contributed by atoms with Crippen LogP contribution in [0.3, 0.4) is 0 Å². The van der Waals surface area contributed by atoms with Crippen LogP contribution in [0.4, 0.5) is 0 Å². The molecule has 0 aliphatic heterocycles. The second-order valence-electron chi connectivity index (χ2n) is 4.19. The number of hydrogen-bond acceptors (Lipinski definition) is 4. The van der Waals surface area contributed by atoms with Crippen LogP contribution >= 0.6 is 0 Å². The van der Waals surface area contributed by atoms with Gasteiger partial charge in [0.15, 0.2) is 12.4 Å². The third-order valence-corrected chi connectivity index (χ3v) is 2.95. The lowest BCUT2D eigenvalue weighted by Crippen LogP contribution is -2.39. The number of nitrogens with zero attached hydrogens (tertiary/aromatic N) is 1. The first-order valence-electron chi connectivity index (χ1n) is 6.28. The first-order chi connectivity index (χ1) is 10.2. The van der Waals surface area contributed by atoms with Crippen LogP contribution in [0.5, 0.6) is 0 Å². The van der Waals surface area contributed by atoms with Crippen LogP contribution in [0, 0.1) is 0 Å². The van der Waals surface area contributed by atoms with E-state index in [4.69, 9.17) is 0 Å². The Kier molecular flexibility index (Phi) is 4.56. The molecule has 2 aromatic rings. The van der Waals surface area contributed by atoms with E-state index < -0.39 is 11.9 Å². The van der Waals surface area contributed by atoms with Crippen molar-refractivity contribution < 1.29 is 23.9 Å². The molecule has 0 fully saturated rings. The van der Waals surface area contributed by atoms with Gasteiger partial charge in [-0.15, -0.1) is 0 Å². The Hall–Kier alpha value is -2.82. The lowest BCUT2D eigenvalue weighted by Gasteiger charge is -2.10. The normalized spacial score (nSPS) is 11.5. The van der Waals surface area contributed by atoms with Gasteiger partial charge < -0.3 is 14.6 Å². The van der Waals surface area contributed by atoms with Gasteiger partial charge in [-0.2, -0.15) is 4.57 Å². The molecule has 0 aliphatic carbocycles. The number of carbonyl (C=O) groups is 1. The van der Waals surface area contributed by atoms with Gasteiger partial charge in [0, 0.05) is 12.1 Å². The van der Waals surface area contributed by atoms with Crippen molar-refractivity contribution in [1.29, 1.82) is 0 Å². The van der Waals surface area contributed by atoms with E-state index in [0.29, 0.717) is 0 Å². The minimum atomic E-state index is -0.751. The molecular weight excluding hydrogens is 270 g/mol. The SMILES string of the molecule is COC(=O)/C(=C(\[O-])OC)[n+]1ccc(-c2ccccc2)cc1. The van der Waals surface area contributed by atoms with Gasteiger partial charge in [0.2, 0.25) is 0 Å². The standard InChI is InChI=1S/C16H15NO4/c1-20-15(18)14(16(19)21-2)17-10-8-13(9-11-17)12-6-4-3-5-7-12/h3-11H,1-2H3. The number of ether oxygens (including phenoxy) is 2. The summed E-state index contributed by atoms with van der Waals surface area (Å²) in [4.78, 5) is 11.7. The van der Waals surface area contributed by atoms with Crippen molar-refractivity contribution in [2.24, 2.45) is 0 Å². The van der Waals surface area contributed by atoms with Crippen LogP contribution in [0.15, 0.2) is 60.8 Å². The van der Waals surface area contributed by atoms with Crippen molar-refractivity contribution in [2.45, 2.75) is 0 Å². The summed E-state index contributed by atoms with van der Waals surface area (Å²) in [5, 5.41) is 11.7. The molecule has 108 valence electrons. The van der Waals surface area contributed by atoms with Gasteiger partial charge >= 0.3 is 11.7 Å². The van der Waals surface area contributed by atoms with Crippen molar-refractivity contribution in [2.75, 3.05) is 14.2 Å². The minimum absolute atomic E-state index is 0.195. The van der Waals surface area contributed by atoms with Crippen molar-refractivity contribution in [1.82, 2.24) is 0 Å². The Morgan fingerprint density at radius 2 is 1.52 bits per heavy atom. The monoisotopic (exact) mass is 285 g/mol. The molecule has 0 bridgehead atoms. The summed E-state index contributed by atoms with van der Waals surface area (Å²) >= 11 is 0. The molecule has 5 nitrogen and oxygen atoms in total. The van der Waals surface area contributed by atoms with E-state index in [0.717, 1.165) is 11.1 Å².